The summed E-state index contributed by atoms with van der Waals surface area (Å²) < 4.78 is 0. The van der Waals surface area contributed by atoms with Crippen molar-refractivity contribution < 1.29 is 0 Å². The third-order valence-corrected chi connectivity index (χ3v) is 3.69. The van der Waals surface area contributed by atoms with Crippen molar-refractivity contribution in [3.05, 3.63) is 77.4 Å². The third-order valence-electron chi connectivity index (χ3n) is 3.69. The van der Waals surface area contributed by atoms with Gasteiger partial charge in [-0.2, -0.15) is 0 Å². The fourth-order valence-electron chi connectivity index (χ4n) is 2.73. The first-order chi connectivity index (χ1) is 8.93. The summed E-state index contributed by atoms with van der Waals surface area (Å²) in [5.74, 6) is 0. The van der Waals surface area contributed by atoms with Gasteiger partial charge in [-0.3, -0.25) is 0 Å². The van der Waals surface area contributed by atoms with E-state index < -0.39 is 0 Å². The maximum Gasteiger partial charge on any atom is -0.0195 e. The lowest BCUT2D eigenvalue weighted by molar-refractivity contribution is 0.993. The van der Waals surface area contributed by atoms with E-state index in [2.05, 4.69) is 60.7 Å². The van der Waals surface area contributed by atoms with Gasteiger partial charge in [0.1, 0.15) is 0 Å². The second kappa shape index (κ2) is 5.22. The SMILES string of the molecule is C(/CCc1ccccc1)=C1\CCc2ccccc21. The normalized spacial score (nSPS) is 15.9. The predicted octanol–water partition coefficient (Wildman–Crippen LogP) is 4.65. The molecular weight excluding hydrogens is 216 g/mol. The smallest absolute Gasteiger partial charge is 0.0195 e. The van der Waals surface area contributed by atoms with Crippen LogP contribution >= 0.6 is 0 Å². The Morgan fingerprint density at radius 3 is 2.50 bits per heavy atom. The Kier molecular flexibility index (Phi) is 3.27. The quantitative estimate of drug-likeness (QED) is 0.725. The van der Waals surface area contributed by atoms with Gasteiger partial charge in [0.05, 0.1) is 0 Å². The van der Waals surface area contributed by atoms with Crippen molar-refractivity contribution in [3.8, 4) is 0 Å². The highest BCUT2D eigenvalue weighted by atomic mass is 14.2. The molecule has 0 unspecified atom stereocenters. The molecule has 0 saturated carbocycles. The number of rotatable bonds is 3. The minimum Gasteiger partial charge on any atom is -0.0804 e. The summed E-state index contributed by atoms with van der Waals surface area (Å²) in [4.78, 5) is 0. The van der Waals surface area contributed by atoms with Crippen LogP contribution in [0.15, 0.2) is 60.7 Å². The maximum absolute atomic E-state index is 2.43. The molecule has 0 amide bonds. The molecule has 0 bridgehead atoms. The minimum atomic E-state index is 1.15. The molecule has 0 spiro atoms. The average Bonchev–Trinajstić information content (AvgIpc) is 2.84. The van der Waals surface area contributed by atoms with Gasteiger partial charge in [-0.15, -0.1) is 0 Å². The van der Waals surface area contributed by atoms with Crippen molar-refractivity contribution >= 4 is 5.57 Å². The van der Waals surface area contributed by atoms with E-state index in [0.29, 0.717) is 0 Å². The lowest BCUT2D eigenvalue weighted by Gasteiger charge is -2.01. The van der Waals surface area contributed by atoms with E-state index >= 15 is 0 Å². The number of benzene rings is 2. The van der Waals surface area contributed by atoms with E-state index in [1.807, 2.05) is 0 Å². The van der Waals surface area contributed by atoms with Crippen LogP contribution in [-0.2, 0) is 12.8 Å². The summed E-state index contributed by atoms with van der Waals surface area (Å²) in [6.07, 6.45) is 7.15. The summed E-state index contributed by atoms with van der Waals surface area (Å²) in [5.41, 5.74) is 5.97. The van der Waals surface area contributed by atoms with E-state index in [-0.39, 0.29) is 0 Å². The number of hydrogen-bond acceptors (Lipinski definition) is 0. The zero-order valence-corrected chi connectivity index (χ0v) is 10.6. The zero-order chi connectivity index (χ0) is 12.2. The molecule has 0 aromatic heterocycles. The molecule has 0 heterocycles. The highest BCUT2D eigenvalue weighted by Crippen LogP contribution is 2.32. The monoisotopic (exact) mass is 234 g/mol. The summed E-state index contributed by atoms with van der Waals surface area (Å²) in [6.45, 7) is 0. The van der Waals surface area contributed by atoms with Crippen molar-refractivity contribution in [1.82, 2.24) is 0 Å². The number of allylic oxidation sites excluding steroid dienone is 2. The molecule has 0 atom stereocenters. The fraction of sp³-hybridized carbons (Fsp3) is 0.222. The van der Waals surface area contributed by atoms with Gasteiger partial charge in [0, 0.05) is 0 Å². The Balaban J connectivity index is 1.68. The molecule has 18 heavy (non-hydrogen) atoms. The lowest BCUT2D eigenvalue weighted by atomic mass is 10.0. The van der Waals surface area contributed by atoms with Gasteiger partial charge in [0.25, 0.3) is 0 Å². The molecule has 2 aromatic carbocycles. The Morgan fingerprint density at radius 2 is 1.61 bits per heavy atom. The summed E-state index contributed by atoms with van der Waals surface area (Å²) >= 11 is 0. The van der Waals surface area contributed by atoms with Crippen LogP contribution in [0.5, 0.6) is 0 Å². The van der Waals surface area contributed by atoms with Crippen molar-refractivity contribution in [2.24, 2.45) is 0 Å². The minimum absolute atomic E-state index is 1.15. The van der Waals surface area contributed by atoms with Crippen LogP contribution in [0.4, 0.5) is 0 Å². The van der Waals surface area contributed by atoms with Crippen LogP contribution in [0.1, 0.15) is 29.5 Å². The van der Waals surface area contributed by atoms with Gasteiger partial charge in [-0.05, 0) is 47.9 Å². The largest absolute Gasteiger partial charge is 0.0804 e. The van der Waals surface area contributed by atoms with Gasteiger partial charge in [-0.25, -0.2) is 0 Å². The highest BCUT2D eigenvalue weighted by Gasteiger charge is 2.14. The maximum atomic E-state index is 2.43. The van der Waals surface area contributed by atoms with E-state index in [1.54, 1.807) is 5.57 Å². The van der Waals surface area contributed by atoms with Gasteiger partial charge < -0.3 is 0 Å². The first-order valence-corrected chi connectivity index (χ1v) is 6.75. The van der Waals surface area contributed by atoms with Crippen LogP contribution < -0.4 is 0 Å². The van der Waals surface area contributed by atoms with Crippen LogP contribution in [-0.4, -0.2) is 0 Å². The van der Waals surface area contributed by atoms with Crippen molar-refractivity contribution in [3.63, 3.8) is 0 Å². The standard InChI is InChI=1S/C18H18/c1-2-7-15(8-3-1)9-6-11-17-14-13-16-10-4-5-12-18(16)17/h1-5,7-8,10-12H,6,9,13-14H2/b17-11-. The predicted molar refractivity (Wildman–Crippen MR) is 77.5 cm³/mol. The molecule has 0 radical (unpaired) electrons. The van der Waals surface area contributed by atoms with Crippen LogP contribution in [0.25, 0.3) is 5.57 Å². The number of aryl methyl sites for hydroxylation is 2. The number of hydrogen-bond donors (Lipinski definition) is 0. The topological polar surface area (TPSA) is 0 Å². The Labute approximate surface area is 109 Å². The highest BCUT2D eigenvalue weighted by molar-refractivity contribution is 5.72. The molecule has 1 aliphatic rings. The molecule has 0 heteroatoms. The van der Waals surface area contributed by atoms with Crippen molar-refractivity contribution in [1.29, 1.82) is 0 Å². The lowest BCUT2D eigenvalue weighted by Crippen LogP contribution is -1.83. The Hall–Kier alpha value is -1.82. The third kappa shape index (κ3) is 2.38. The zero-order valence-electron chi connectivity index (χ0n) is 10.6. The van der Waals surface area contributed by atoms with Gasteiger partial charge in [0.2, 0.25) is 0 Å². The fourth-order valence-corrected chi connectivity index (χ4v) is 2.73. The number of fused-ring (bicyclic) bond motifs is 1. The average molecular weight is 234 g/mol. The van der Waals surface area contributed by atoms with E-state index in [4.69, 9.17) is 0 Å². The van der Waals surface area contributed by atoms with E-state index in [1.165, 1.54) is 29.5 Å². The Morgan fingerprint density at radius 1 is 0.833 bits per heavy atom. The summed E-state index contributed by atoms with van der Waals surface area (Å²) in [5, 5.41) is 0. The van der Waals surface area contributed by atoms with Gasteiger partial charge >= 0.3 is 0 Å². The first-order valence-electron chi connectivity index (χ1n) is 6.75. The van der Waals surface area contributed by atoms with Crippen LogP contribution in [0.2, 0.25) is 0 Å². The van der Waals surface area contributed by atoms with Gasteiger partial charge in [0.15, 0.2) is 0 Å². The van der Waals surface area contributed by atoms with Crippen LogP contribution in [0.3, 0.4) is 0 Å². The molecule has 0 N–H and O–H groups in total. The molecule has 0 nitrogen and oxygen atoms in total. The molecule has 0 fully saturated rings. The molecule has 1 aliphatic carbocycles. The summed E-state index contributed by atoms with van der Waals surface area (Å²) in [7, 11) is 0. The Bertz CT molecular complexity index is 549. The molecular formula is C18H18. The molecule has 0 aliphatic heterocycles. The molecule has 3 rings (SSSR count). The van der Waals surface area contributed by atoms with Crippen LogP contribution in [0, 0.1) is 0 Å². The molecule has 90 valence electrons. The molecule has 0 saturated heterocycles. The second-order valence-corrected chi connectivity index (χ2v) is 4.91. The second-order valence-electron chi connectivity index (χ2n) is 4.91. The molecule has 2 aromatic rings. The summed E-state index contributed by atoms with van der Waals surface area (Å²) in [6, 6.07) is 19.5. The van der Waals surface area contributed by atoms with Gasteiger partial charge in [-0.1, -0.05) is 60.7 Å². The first kappa shape index (κ1) is 11.3. The van der Waals surface area contributed by atoms with Crippen molar-refractivity contribution in [2.45, 2.75) is 25.7 Å². The van der Waals surface area contributed by atoms with Crippen molar-refractivity contribution in [2.75, 3.05) is 0 Å². The van der Waals surface area contributed by atoms with E-state index in [9.17, 15) is 0 Å². The van der Waals surface area contributed by atoms with E-state index in [0.717, 1.165) is 12.8 Å².